The molecule has 1 saturated heterocycles. The molecular weight excluding hydrogens is 408 g/mol. The van der Waals surface area contributed by atoms with Gasteiger partial charge in [0, 0.05) is 32.4 Å². The van der Waals surface area contributed by atoms with Gasteiger partial charge in [-0.15, -0.1) is 0 Å². The van der Waals surface area contributed by atoms with Crippen molar-refractivity contribution in [2.75, 3.05) is 25.1 Å². The maximum absolute atomic E-state index is 11.7. The minimum atomic E-state index is 0.223. The molecule has 0 saturated carbocycles. The van der Waals surface area contributed by atoms with Crippen LogP contribution in [0.4, 0.5) is 5.69 Å². The minimum absolute atomic E-state index is 0.223. The van der Waals surface area contributed by atoms with E-state index in [1.54, 1.807) is 17.2 Å². The number of carbonyl (C=O) groups excluding carboxylic acids is 1. The second-order valence-electron chi connectivity index (χ2n) is 7.91. The Labute approximate surface area is 186 Å². The van der Waals surface area contributed by atoms with E-state index in [2.05, 4.69) is 27.0 Å². The van der Waals surface area contributed by atoms with Crippen molar-refractivity contribution in [1.82, 2.24) is 30.1 Å². The van der Waals surface area contributed by atoms with Crippen LogP contribution < -0.4 is 15.6 Å². The molecule has 1 aromatic heterocycles. The smallest absolute Gasteiger partial charge is 0.222 e. The number of aliphatic imine (C=N–C) groups is 1. The Balaban J connectivity index is 1.19. The Morgan fingerprint density at radius 2 is 2.25 bits per heavy atom. The van der Waals surface area contributed by atoms with Crippen LogP contribution in [0.2, 0.25) is 0 Å². The second kappa shape index (κ2) is 8.66. The van der Waals surface area contributed by atoms with Gasteiger partial charge in [-0.3, -0.25) is 19.9 Å². The number of hydrogen-bond donors (Lipinski definition) is 2. The minimum Gasteiger partial charge on any atom is -0.492 e. The monoisotopic (exact) mass is 434 g/mol. The van der Waals surface area contributed by atoms with Crippen LogP contribution in [0.25, 0.3) is 0 Å². The molecule has 0 unspecified atom stereocenters. The van der Waals surface area contributed by atoms with Crippen molar-refractivity contribution in [2.24, 2.45) is 12.0 Å². The highest BCUT2D eigenvalue weighted by Gasteiger charge is 2.24. The fourth-order valence-corrected chi connectivity index (χ4v) is 3.90. The summed E-state index contributed by atoms with van der Waals surface area (Å²) in [4.78, 5) is 18.1. The average Bonchev–Trinajstić information content (AvgIpc) is 3.50. The molecule has 1 fully saturated rings. The molecule has 2 aromatic rings. The predicted octanol–water partition coefficient (Wildman–Crippen LogP) is 1.80. The number of hydrogen-bond acceptors (Lipinski definition) is 8. The maximum atomic E-state index is 11.7. The fraction of sp³-hybridized carbons (Fsp3) is 0.318. The summed E-state index contributed by atoms with van der Waals surface area (Å²) in [5.41, 5.74) is 10.3. The number of aromatic nitrogens is 2. The van der Waals surface area contributed by atoms with Gasteiger partial charge in [0.05, 0.1) is 31.2 Å². The Morgan fingerprint density at radius 1 is 1.31 bits per heavy atom. The van der Waals surface area contributed by atoms with Crippen molar-refractivity contribution in [3.63, 3.8) is 0 Å². The van der Waals surface area contributed by atoms with Gasteiger partial charge in [-0.2, -0.15) is 5.10 Å². The van der Waals surface area contributed by atoms with Gasteiger partial charge in [0.15, 0.2) is 0 Å². The first-order valence-corrected chi connectivity index (χ1v) is 10.7. The third kappa shape index (κ3) is 4.39. The van der Waals surface area contributed by atoms with Crippen LogP contribution in [-0.4, -0.2) is 56.6 Å². The van der Waals surface area contributed by atoms with Gasteiger partial charge in [-0.1, -0.05) is 12.1 Å². The van der Waals surface area contributed by atoms with E-state index in [0.717, 1.165) is 41.4 Å². The molecule has 166 valence electrons. The highest BCUT2D eigenvalue weighted by molar-refractivity contribution is 5.78. The van der Waals surface area contributed by atoms with Crippen molar-refractivity contribution in [3.8, 4) is 5.75 Å². The molecule has 2 N–H and O–H groups in total. The summed E-state index contributed by atoms with van der Waals surface area (Å²) in [6, 6.07) is 8.03. The van der Waals surface area contributed by atoms with Gasteiger partial charge in [0.1, 0.15) is 30.1 Å². The number of rotatable bonds is 8. The van der Waals surface area contributed by atoms with E-state index in [0.29, 0.717) is 26.1 Å². The largest absolute Gasteiger partial charge is 0.492 e. The lowest BCUT2D eigenvalue weighted by Gasteiger charge is -2.26. The lowest BCUT2D eigenvalue weighted by Crippen LogP contribution is -2.32. The number of ether oxygens (including phenoxy) is 1. The van der Waals surface area contributed by atoms with Gasteiger partial charge in [0.2, 0.25) is 5.91 Å². The van der Waals surface area contributed by atoms with E-state index in [4.69, 9.17) is 4.74 Å². The molecule has 32 heavy (non-hydrogen) atoms. The Kier molecular flexibility index (Phi) is 5.40. The number of aryl methyl sites for hydroxylation is 1. The Morgan fingerprint density at radius 3 is 3.06 bits per heavy atom. The number of carbonyl (C=O) groups is 1. The average molecular weight is 435 g/mol. The number of fused-ring (bicyclic) bond motifs is 1. The number of anilines is 1. The van der Waals surface area contributed by atoms with Crippen LogP contribution in [0.1, 0.15) is 18.4 Å². The zero-order valence-electron chi connectivity index (χ0n) is 17.9. The Bertz CT molecular complexity index is 1090. The van der Waals surface area contributed by atoms with E-state index in [9.17, 15) is 4.79 Å². The van der Waals surface area contributed by atoms with Crippen molar-refractivity contribution in [3.05, 3.63) is 66.0 Å². The lowest BCUT2D eigenvalue weighted by atomic mass is 10.2. The maximum Gasteiger partial charge on any atom is 0.222 e. The van der Waals surface area contributed by atoms with Gasteiger partial charge in [-0.25, -0.2) is 10.0 Å². The lowest BCUT2D eigenvalue weighted by molar-refractivity contribution is -0.128. The summed E-state index contributed by atoms with van der Waals surface area (Å²) in [5, 5.41) is 8.01. The summed E-state index contributed by atoms with van der Waals surface area (Å²) < 4.78 is 7.64. The van der Waals surface area contributed by atoms with Gasteiger partial charge in [0.25, 0.3) is 0 Å². The van der Waals surface area contributed by atoms with Crippen LogP contribution in [0.3, 0.4) is 0 Å². The summed E-state index contributed by atoms with van der Waals surface area (Å²) in [5.74, 6) is 1.03. The molecule has 0 bridgehead atoms. The number of hydrazine groups is 2. The molecule has 3 aliphatic rings. The van der Waals surface area contributed by atoms with Crippen molar-refractivity contribution in [2.45, 2.75) is 19.4 Å². The third-order valence-corrected chi connectivity index (χ3v) is 5.50. The third-order valence-electron chi connectivity index (χ3n) is 5.50. The highest BCUT2D eigenvalue weighted by Crippen LogP contribution is 2.26. The molecule has 0 radical (unpaired) electrons. The molecule has 5 rings (SSSR count). The first-order chi connectivity index (χ1) is 15.6. The van der Waals surface area contributed by atoms with E-state index in [1.807, 2.05) is 58.8 Å². The predicted molar refractivity (Wildman–Crippen MR) is 120 cm³/mol. The summed E-state index contributed by atoms with van der Waals surface area (Å²) in [7, 11) is 1.88. The number of likely N-dealkylation sites (tertiary alicyclic amines) is 1. The first kappa shape index (κ1) is 20.0. The fourth-order valence-electron chi connectivity index (χ4n) is 3.90. The zero-order chi connectivity index (χ0) is 21.9. The topological polar surface area (TPSA) is 90.3 Å². The first-order valence-electron chi connectivity index (χ1n) is 10.7. The molecule has 3 aliphatic heterocycles. The van der Waals surface area contributed by atoms with Crippen LogP contribution in [0, 0.1) is 0 Å². The van der Waals surface area contributed by atoms with E-state index in [1.165, 1.54) is 0 Å². The molecule has 10 nitrogen and oxygen atoms in total. The molecular formula is C22H26N8O2. The van der Waals surface area contributed by atoms with E-state index < -0.39 is 0 Å². The Hall–Kier alpha value is -3.95. The summed E-state index contributed by atoms with van der Waals surface area (Å²) in [6.07, 6.45) is 10.9. The van der Waals surface area contributed by atoms with Crippen molar-refractivity contribution >= 4 is 17.9 Å². The molecule has 1 aromatic carbocycles. The molecule has 10 heteroatoms. The number of amides is 1. The number of nitrogens with one attached hydrogen (secondary N) is 2. The van der Waals surface area contributed by atoms with Crippen LogP contribution in [0.5, 0.6) is 5.75 Å². The van der Waals surface area contributed by atoms with E-state index >= 15 is 0 Å². The summed E-state index contributed by atoms with van der Waals surface area (Å²) >= 11 is 0. The van der Waals surface area contributed by atoms with Crippen molar-refractivity contribution in [1.29, 1.82) is 0 Å². The molecule has 0 atom stereocenters. The van der Waals surface area contributed by atoms with Crippen LogP contribution >= 0.6 is 0 Å². The highest BCUT2D eigenvalue weighted by atomic mass is 16.5. The van der Waals surface area contributed by atoms with Crippen molar-refractivity contribution < 1.29 is 9.53 Å². The van der Waals surface area contributed by atoms with Gasteiger partial charge >= 0.3 is 0 Å². The van der Waals surface area contributed by atoms with Gasteiger partial charge in [-0.05, 0) is 24.1 Å². The number of benzene rings is 1. The SMILES string of the molecule is Cn1cc(NN2C=NC3=CNN(Cc4cccc(OCCN5CCCC5=O)c4)C3=C2)cn1. The summed E-state index contributed by atoms with van der Waals surface area (Å²) in [6.45, 7) is 2.61. The molecule has 0 aliphatic carbocycles. The van der Waals surface area contributed by atoms with E-state index in [-0.39, 0.29) is 5.91 Å². The molecule has 1 amide bonds. The standard InChI is InChI=1S/C22H26N8O2/c1-27-14-18(11-24-27)26-29-15-21-20(23-16-29)12-25-30(21)13-17-4-2-5-19(10-17)32-9-8-28-7-3-6-22(28)31/h2,4-5,10-12,14-16,25-26H,3,6-9,13H2,1H3. The zero-order valence-corrected chi connectivity index (χ0v) is 17.9. The van der Waals surface area contributed by atoms with Crippen LogP contribution in [-0.2, 0) is 18.4 Å². The number of nitrogens with zero attached hydrogens (tertiary/aromatic N) is 6. The van der Waals surface area contributed by atoms with Gasteiger partial charge < -0.3 is 15.1 Å². The molecule has 0 spiro atoms. The second-order valence-corrected chi connectivity index (χ2v) is 7.91. The van der Waals surface area contributed by atoms with Crippen LogP contribution in [0.15, 0.2) is 65.4 Å². The molecule has 4 heterocycles. The quantitative estimate of drug-likeness (QED) is 0.655. The normalized spacial score (nSPS) is 17.3.